The maximum Gasteiger partial charge on any atom is 0.416 e. The summed E-state index contributed by atoms with van der Waals surface area (Å²) in [5.41, 5.74) is -1.12. The van der Waals surface area contributed by atoms with Gasteiger partial charge in [0.25, 0.3) is 10.0 Å². The maximum atomic E-state index is 13.1. The van der Waals surface area contributed by atoms with E-state index < -0.39 is 38.3 Å². The summed E-state index contributed by atoms with van der Waals surface area (Å²) in [5, 5.41) is 17.9. The van der Waals surface area contributed by atoms with Crippen LogP contribution in [0.4, 0.5) is 13.2 Å². The Morgan fingerprint density at radius 2 is 1.70 bits per heavy atom. The molecule has 0 amide bonds. The SMILES string of the molecule is NS(=O)(=O)c1nn2c(-c3ccc(C(F)(F)F)cc3)c(-c3ccccc3Cl)cnc2c1C(=O)O. The van der Waals surface area contributed by atoms with Crippen molar-refractivity contribution in [2.45, 2.75) is 11.2 Å². The first-order valence-corrected chi connectivity index (χ1v) is 10.9. The van der Waals surface area contributed by atoms with E-state index in [1.165, 1.54) is 6.20 Å². The average molecular weight is 497 g/mol. The van der Waals surface area contributed by atoms with Crippen LogP contribution in [0.1, 0.15) is 15.9 Å². The first kappa shape index (κ1) is 22.7. The Morgan fingerprint density at radius 3 is 2.24 bits per heavy atom. The van der Waals surface area contributed by atoms with Gasteiger partial charge in [0.1, 0.15) is 5.56 Å². The molecule has 0 radical (unpaired) electrons. The molecule has 0 aliphatic rings. The molecule has 0 unspecified atom stereocenters. The Kier molecular flexibility index (Phi) is 5.39. The number of halogens is 4. The minimum Gasteiger partial charge on any atom is -0.477 e. The van der Waals surface area contributed by atoms with E-state index in [1.807, 2.05) is 0 Å². The number of hydrogen-bond donors (Lipinski definition) is 2. The van der Waals surface area contributed by atoms with Gasteiger partial charge in [-0.05, 0) is 18.2 Å². The van der Waals surface area contributed by atoms with Gasteiger partial charge in [0.15, 0.2) is 5.65 Å². The van der Waals surface area contributed by atoms with Crippen LogP contribution in [0.3, 0.4) is 0 Å². The van der Waals surface area contributed by atoms with E-state index in [0.29, 0.717) is 5.56 Å². The molecule has 4 rings (SSSR count). The van der Waals surface area contributed by atoms with Gasteiger partial charge < -0.3 is 5.11 Å². The van der Waals surface area contributed by atoms with Crippen molar-refractivity contribution < 1.29 is 31.5 Å². The lowest BCUT2D eigenvalue weighted by molar-refractivity contribution is -0.137. The van der Waals surface area contributed by atoms with E-state index in [9.17, 15) is 31.5 Å². The molecular weight excluding hydrogens is 485 g/mol. The molecule has 170 valence electrons. The van der Waals surface area contributed by atoms with E-state index in [2.05, 4.69) is 10.1 Å². The Balaban J connectivity index is 2.14. The van der Waals surface area contributed by atoms with Gasteiger partial charge in [-0.15, -0.1) is 0 Å². The van der Waals surface area contributed by atoms with Crippen molar-refractivity contribution in [3.8, 4) is 22.4 Å². The Morgan fingerprint density at radius 1 is 1.06 bits per heavy atom. The van der Waals surface area contributed by atoms with E-state index in [-0.39, 0.29) is 27.5 Å². The number of nitrogens with zero attached hydrogens (tertiary/aromatic N) is 3. The lowest BCUT2D eigenvalue weighted by Gasteiger charge is -2.14. The molecule has 0 saturated carbocycles. The van der Waals surface area contributed by atoms with Crippen LogP contribution in [0.25, 0.3) is 28.0 Å². The van der Waals surface area contributed by atoms with Gasteiger partial charge in [0, 0.05) is 27.9 Å². The summed E-state index contributed by atoms with van der Waals surface area (Å²) in [6.07, 6.45) is -3.34. The normalized spacial score (nSPS) is 12.3. The molecule has 4 aromatic rings. The Hall–Kier alpha value is -3.48. The third-order valence-electron chi connectivity index (χ3n) is 4.74. The number of aromatic carboxylic acids is 1. The van der Waals surface area contributed by atoms with Crippen LogP contribution in [0.2, 0.25) is 5.02 Å². The number of sulfonamides is 1. The monoisotopic (exact) mass is 496 g/mol. The second-order valence-corrected chi connectivity index (χ2v) is 8.73. The fourth-order valence-corrected chi connectivity index (χ4v) is 4.22. The lowest BCUT2D eigenvalue weighted by atomic mass is 9.99. The number of carboxylic acids is 1. The third-order valence-corrected chi connectivity index (χ3v) is 5.90. The van der Waals surface area contributed by atoms with Crippen LogP contribution in [0.15, 0.2) is 59.8 Å². The number of hydrogen-bond acceptors (Lipinski definition) is 5. The van der Waals surface area contributed by atoms with Crippen molar-refractivity contribution in [2.24, 2.45) is 5.14 Å². The highest BCUT2D eigenvalue weighted by atomic mass is 35.5. The van der Waals surface area contributed by atoms with Gasteiger partial charge in [-0.3, -0.25) is 0 Å². The Labute approximate surface area is 189 Å². The molecule has 0 spiro atoms. The van der Waals surface area contributed by atoms with Crippen molar-refractivity contribution in [2.75, 3.05) is 0 Å². The summed E-state index contributed by atoms with van der Waals surface area (Å²) < 4.78 is 64.1. The van der Waals surface area contributed by atoms with Crippen molar-refractivity contribution in [1.29, 1.82) is 0 Å². The van der Waals surface area contributed by atoms with Gasteiger partial charge in [-0.25, -0.2) is 27.9 Å². The van der Waals surface area contributed by atoms with Gasteiger partial charge in [0.2, 0.25) is 5.03 Å². The summed E-state index contributed by atoms with van der Waals surface area (Å²) >= 11 is 6.30. The largest absolute Gasteiger partial charge is 0.477 e. The van der Waals surface area contributed by atoms with Crippen molar-refractivity contribution >= 4 is 33.2 Å². The quantitative estimate of drug-likeness (QED) is 0.438. The predicted molar refractivity (Wildman–Crippen MR) is 112 cm³/mol. The first-order chi connectivity index (χ1) is 15.4. The smallest absolute Gasteiger partial charge is 0.416 e. The second-order valence-electron chi connectivity index (χ2n) is 6.84. The molecule has 8 nitrogen and oxygen atoms in total. The molecular formula is C20H12ClF3N4O4S. The van der Waals surface area contributed by atoms with E-state index in [0.717, 1.165) is 28.8 Å². The zero-order valence-corrected chi connectivity index (χ0v) is 17.8. The number of nitrogens with two attached hydrogens (primary N) is 1. The van der Waals surface area contributed by atoms with Crippen LogP contribution in [-0.2, 0) is 16.2 Å². The summed E-state index contributed by atoms with van der Waals surface area (Å²) in [5.74, 6) is -1.65. The predicted octanol–water partition coefficient (Wildman–Crippen LogP) is 4.08. The molecule has 2 aromatic heterocycles. The summed E-state index contributed by atoms with van der Waals surface area (Å²) in [6.45, 7) is 0. The molecule has 3 N–H and O–H groups in total. The van der Waals surface area contributed by atoms with E-state index >= 15 is 0 Å². The molecule has 0 bridgehead atoms. The molecule has 0 fully saturated rings. The van der Waals surface area contributed by atoms with Crippen LogP contribution in [-0.4, -0.2) is 34.1 Å². The molecule has 13 heteroatoms. The molecule has 0 aliphatic carbocycles. The number of fused-ring (bicyclic) bond motifs is 1. The molecule has 0 aliphatic heterocycles. The number of carboxylic acid groups (broad SMARTS) is 1. The standard InChI is InChI=1S/C20H12ClF3N4O4S/c21-14-4-2-1-3-12(14)13-9-26-17-15(19(29)30)18(33(25,31)32)27-28(17)16(13)10-5-7-11(8-6-10)20(22,23)24/h1-9H,(H,29,30)(H2,25,31,32). The van der Waals surface area contributed by atoms with E-state index in [4.69, 9.17) is 16.7 Å². The number of primary sulfonamides is 1. The number of aromatic nitrogens is 3. The second kappa shape index (κ2) is 7.83. The summed E-state index contributed by atoms with van der Waals surface area (Å²) in [6, 6.07) is 10.5. The Bertz CT molecular complexity index is 1520. The van der Waals surface area contributed by atoms with Gasteiger partial charge in [-0.1, -0.05) is 41.9 Å². The first-order valence-electron chi connectivity index (χ1n) is 9.00. The van der Waals surface area contributed by atoms with Crippen molar-refractivity contribution in [3.05, 3.63) is 70.9 Å². The van der Waals surface area contributed by atoms with Crippen molar-refractivity contribution in [1.82, 2.24) is 14.6 Å². The fraction of sp³-hybridized carbons (Fsp3) is 0.0500. The molecule has 0 atom stereocenters. The van der Waals surface area contributed by atoms with Crippen molar-refractivity contribution in [3.63, 3.8) is 0 Å². The van der Waals surface area contributed by atoms with E-state index in [1.54, 1.807) is 24.3 Å². The maximum absolute atomic E-state index is 13.1. The zero-order chi connectivity index (χ0) is 24.1. The molecule has 2 heterocycles. The van der Waals surface area contributed by atoms with Crippen LogP contribution in [0.5, 0.6) is 0 Å². The number of alkyl halides is 3. The number of benzene rings is 2. The highest BCUT2D eigenvalue weighted by Crippen LogP contribution is 2.38. The minimum atomic E-state index is -4.58. The average Bonchev–Trinajstić information content (AvgIpc) is 3.13. The van der Waals surface area contributed by atoms with Crippen LogP contribution < -0.4 is 5.14 Å². The van der Waals surface area contributed by atoms with Crippen LogP contribution >= 0.6 is 11.6 Å². The topological polar surface area (TPSA) is 128 Å². The fourth-order valence-electron chi connectivity index (χ4n) is 3.32. The minimum absolute atomic E-state index is 0.0687. The highest BCUT2D eigenvalue weighted by molar-refractivity contribution is 7.89. The highest BCUT2D eigenvalue weighted by Gasteiger charge is 2.32. The number of carbonyl (C=O) groups is 1. The molecule has 0 saturated heterocycles. The summed E-state index contributed by atoms with van der Waals surface area (Å²) in [7, 11) is -4.58. The lowest BCUT2D eigenvalue weighted by Crippen LogP contribution is -2.16. The number of rotatable bonds is 4. The summed E-state index contributed by atoms with van der Waals surface area (Å²) in [4.78, 5) is 15.9. The van der Waals surface area contributed by atoms with Gasteiger partial charge >= 0.3 is 12.1 Å². The third kappa shape index (κ3) is 4.03. The zero-order valence-electron chi connectivity index (χ0n) is 16.2. The molecule has 33 heavy (non-hydrogen) atoms. The van der Waals surface area contributed by atoms with Gasteiger partial charge in [-0.2, -0.15) is 18.3 Å². The van der Waals surface area contributed by atoms with Gasteiger partial charge in [0.05, 0.1) is 11.3 Å². The molecule has 2 aromatic carbocycles. The van der Waals surface area contributed by atoms with Crippen LogP contribution in [0, 0.1) is 0 Å².